The van der Waals surface area contributed by atoms with Crippen LogP contribution in [0, 0.1) is 0 Å². The molecule has 2 atom stereocenters. The van der Waals surface area contributed by atoms with E-state index in [9.17, 15) is 13.2 Å². The molecule has 0 aliphatic carbocycles. The van der Waals surface area contributed by atoms with Crippen molar-refractivity contribution >= 4 is 27.7 Å². The van der Waals surface area contributed by atoms with Crippen LogP contribution in [-0.4, -0.2) is 73.5 Å². The predicted molar refractivity (Wildman–Crippen MR) is 118 cm³/mol. The highest BCUT2D eigenvalue weighted by atomic mass is 35.5. The normalized spacial score (nSPS) is 29.0. The number of rotatable bonds is 3. The smallest absolute Gasteiger partial charge is 0.409 e. The van der Waals surface area contributed by atoms with E-state index in [0.717, 1.165) is 31.2 Å². The Morgan fingerprint density at radius 1 is 1.03 bits per heavy atom. The van der Waals surface area contributed by atoms with E-state index in [1.54, 1.807) is 27.4 Å². The third kappa shape index (κ3) is 3.96. The minimum atomic E-state index is -3.60. The average Bonchev–Trinajstić information content (AvgIpc) is 3.38. The number of sulfonamides is 1. The third-order valence-corrected chi connectivity index (χ3v) is 9.62. The molecule has 1 aromatic rings. The van der Waals surface area contributed by atoms with Crippen molar-refractivity contribution in [1.82, 2.24) is 14.1 Å². The van der Waals surface area contributed by atoms with Gasteiger partial charge in [-0.1, -0.05) is 11.6 Å². The summed E-state index contributed by atoms with van der Waals surface area (Å²) in [5, 5.41) is 0.543. The number of amides is 1. The molecule has 0 bridgehead atoms. The number of benzene rings is 1. The highest BCUT2D eigenvalue weighted by molar-refractivity contribution is 7.89. The van der Waals surface area contributed by atoms with Gasteiger partial charge in [-0.25, -0.2) is 13.2 Å². The Kier molecular flexibility index (Phi) is 5.92. The van der Waals surface area contributed by atoms with Crippen molar-refractivity contribution in [2.75, 3.05) is 32.8 Å². The second-order valence-corrected chi connectivity index (χ2v) is 11.4. The number of carbonyl (C=O) groups excluding carboxylic acids is 1. The third-order valence-electron chi connectivity index (χ3n) is 7.35. The Morgan fingerprint density at radius 2 is 1.77 bits per heavy atom. The second kappa shape index (κ2) is 8.54. The Bertz CT molecular complexity index is 942. The lowest BCUT2D eigenvalue weighted by atomic mass is 9.94. The van der Waals surface area contributed by atoms with Crippen molar-refractivity contribution in [1.29, 1.82) is 0 Å². The maximum absolute atomic E-state index is 13.2. The van der Waals surface area contributed by atoms with Gasteiger partial charge in [0.2, 0.25) is 10.0 Å². The van der Waals surface area contributed by atoms with Gasteiger partial charge in [-0.05, 0) is 81.8 Å². The predicted octanol–water partition coefficient (Wildman–Crippen LogP) is 3.63. The number of nitrogens with zero attached hydrogens (tertiary/aromatic N) is 3. The molecule has 9 heteroatoms. The summed E-state index contributed by atoms with van der Waals surface area (Å²) in [4.78, 5) is 17.4. The van der Waals surface area contributed by atoms with Crippen molar-refractivity contribution in [3.05, 3.63) is 28.8 Å². The lowest BCUT2D eigenvalue weighted by molar-refractivity contribution is 0.0513. The van der Waals surface area contributed by atoms with Crippen molar-refractivity contribution in [3.8, 4) is 0 Å². The van der Waals surface area contributed by atoms with Crippen LogP contribution in [-0.2, 0) is 14.8 Å². The summed E-state index contributed by atoms with van der Waals surface area (Å²) in [5.74, 6) is 0. The van der Waals surface area contributed by atoms with Crippen LogP contribution in [0.5, 0.6) is 0 Å². The highest BCUT2D eigenvalue weighted by Crippen LogP contribution is 2.47. The quantitative estimate of drug-likeness (QED) is 0.678. The lowest BCUT2D eigenvalue weighted by Gasteiger charge is -2.38. The van der Waals surface area contributed by atoms with Gasteiger partial charge in [-0.3, -0.25) is 0 Å². The SMILES string of the molecule is O=C(OC[C@H]1CCC[C@H]2c3cc(Cl)ccc3S(=O)(=O)N12)N1CCC(N2CCCC2)CC1. The molecule has 0 aromatic heterocycles. The molecule has 0 N–H and O–H groups in total. The maximum Gasteiger partial charge on any atom is 0.409 e. The summed E-state index contributed by atoms with van der Waals surface area (Å²) in [6.07, 6.45) is 6.56. The monoisotopic (exact) mass is 467 g/mol. The molecule has 1 aromatic carbocycles. The first-order valence-electron chi connectivity index (χ1n) is 11.4. The van der Waals surface area contributed by atoms with Gasteiger partial charge in [0.25, 0.3) is 0 Å². The van der Waals surface area contributed by atoms with E-state index >= 15 is 0 Å². The van der Waals surface area contributed by atoms with E-state index < -0.39 is 10.0 Å². The number of hydrogen-bond donors (Lipinski definition) is 0. The van der Waals surface area contributed by atoms with Gasteiger partial charge >= 0.3 is 6.09 Å². The van der Waals surface area contributed by atoms with E-state index in [0.29, 0.717) is 35.5 Å². The standard InChI is InChI=1S/C22H30ClN3O4S/c23-16-6-7-21-19(14-16)20-5-3-4-18(26(20)31(21,28)29)15-30-22(27)25-12-8-17(9-13-25)24-10-1-2-11-24/h6-7,14,17-18,20H,1-5,8-13,15H2/t18-,20+/m1/s1. The van der Waals surface area contributed by atoms with Crippen molar-refractivity contribution < 1.29 is 17.9 Å². The van der Waals surface area contributed by atoms with Crippen LogP contribution in [0.25, 0.3) is 0 Å². The fourth-order valence-corrected chi connectivity index (χ4v) is 8.03. The van der Waals surface area contributed by atoms with Crippen LogP contribution in [0.15, 0.2) is 23.1 Å². The van der Waals surface area contributed by atoms with E-state index in [4.69, 9.17) is 16.3 Å². The minimum Gasteiger partial charge on any atom is -0.448 e. The summed E-state index contributed by atoms with van der Waals surface area (Å²) in [7, 11) is -3.60. The van der Waals surface area contributed by atoms with E-state index in [1.165, 1.54) is 25.9 Å². The first-order valence-corrected chi connectivity index (χ1v) is 13.3. The number of carbonyl (C=O) groups is 1. The molecule has 1 amide bonds. The van der Waals surface area contributed by atoms with Gasteiger partial charge in [0.1, 0.15) is 6.61 Å². The number of piperidine rings is 2. The van der Waals surface area contributed by atoms with E-state index in [2.05, 4.69) is 4.90 Å². The van der Waals surface area contributed by atoms with Crippen LogP contribution in [0.3, 0.4) is 0 Å². The zero-order valence-electron chi connectivity index (χ0n) is 17.7. The molecule has 7 nitrogen and oxygen atoms in total. The molecule has 3 saturated heterocycles. The first-order chi connectivity index (χ1) is 14.9. The number of fused-ring (bicyclic) bond motifs is 3. The topological polar surface area (TPSA) is 70.2 Å². The zero-order chi connectivity index (χ0) is 21.6. The fourth-order valence-electron chi connectivity index (χ4n) is 5.78. The Hall–Kier alpha value is -1.35. The van der Waals surface area contributed by atoms with Crippen LogP contribution in [0.1, 0.15) is 56.6 Å². The Labute approximate surface area is 189 Å². The van der Waals surface area contributed by atoms with Gasteiger partial charge < -0.3 is 14.5 Å². The van der Waals surface area contributed by atoms with Crippen LogP contribution < -0.4 is 0 Å². The number of likely N-dealkylation sites (tertiary alicyclic amines) is 2. The van der Waals surface area contributed by atoms with Crippen LogP contribution >= 0.6 is 11.6 Å². The summed E-state index contributed by atoms with van der Waals surface area (Å²) >= 11 is 6.13. The summed E-state index contributed by atoms with van der Waals surface area (Å²) < 4.78 is 33.6. The van der Waals surface area contributed by atoms with Gasteiger partial charge in [0, 0.05) is 24.2 Å². The first kappa shape index (κ1) is 21.5. The van der Waals surface area contributed by atoms with Gasteiger partial charge in [-0.15, -0.1) is 0 Å². The molecule has 0 saturated carbocycles. The largest absolute Gasteiger partial charge is 0.448 e. The molecule has 170 valence electrons. The Morgan fingerprint density at radius 3 is 2.52 bits per heavy atom. The average molecular weight is 468 g/mol. The summed E-state index contributed by atoms with van der Waals surface area (Å²) in [5.41, 5.74) is 0.771. The van der Waals surface area contributed by atoms with Crippen molar-refractivity contribution in [2.45, 2.75) is 68.0 Å². The van der Waals surface area contributed by atoms with Gasteiger partial charge in [0.05, 0.1) is 17.0 Å². The summed E-state index contributed by atoms with van der Waals surface area (Å²) in [6.45, 7) is 3.87. The van der Waals surface area contributed by atoms with Crippen LogP contribution in [0.2, 0.25) is 5.02 Å². The van der Waals surface area contributed by atoms with Crippen molar-refractivity contribution in [2.24, 2.45) is 0 Å². The molecule has 4 aliphatic heterocycles. The minimum absolute atomic E-state index is 0.0995. The molecule has 4 aliphatic rings. The molecule has 4 heterocycles. The highest BCUT2D eigenvalue weighted by Gasteiger charge is 2.48. The number of halogens is 1. The molecule has 31 heavy (non-hydrogen) atoms. The molecule has 0 unspecified atom stereocenters. The zero-order valence-corrected chi connectivity index (χ0v) is 19.3. The lowest BCUT2D eigenvalue weighted by Crippen LogP contribution is -2.48. The number of ether oxygens (including phenoxy) is 1. The maximum atomic E-state index is 13.2. The molecule has 3 fully saturated rings. The van der Waals surface area contributed by atoms with E-state index in [1.807, 2.05) is 0 Å². The van der Waals surface area contributed by atoms with Crippen molar-refractivity contribution in [3.63, 3.8) is 0 Å². The molecular formula is C22H30ClN3O4S. The molecule has 0 spiro atoms. The van der Waals surface area contributed by atoms with Crippen LogP contribution in [0.4, 0.5) is 4.79 Å². The summed E-state index contributed by atoms with van der Waals surface area (Å²) in [6, 6.07) is 5.01. The molecule has 0 radical (unpaired) electrons. The van der Waals surface area contributed by atoms with Gasteiger partial charge in [0.15, 0.2) is 0 Å². The Balaban J connectivity index is 1.21. The molecule has 5 rings (SSSR count). The second-order valence-electron chi connectivity index (χ2n) is 9.16. The molecular weight excluding hydrogens is 438 g/mol. The number of hydrogen-bond acceptors (Lipinski definition) is 5. The van der Waals surface area contributed by atoms with Gasteiger partial charge in [-0.2, -0.15) is 4.31 Å². The van der Waals surface area contributed by atoms with E-state index in [-0.39, 0.29) is 24.8 Å². The fraction of sp³-hybridized carbons (Fsp3) is 0.682.